The Balaban J connectivity index is 2.56. The zero-order chi connectivity index (χ0) is 17.2. The first-order valence-electron chi connectivity index (χ1n) is 6.24. The third-order valence-electron chi connectivity index (χ3n) is 2.67. The lowest BCUT2D eigenvalue weighted by molar-refractivity contribution is -0.113. The summed E-state index contributed by atoms with van der Waals surface area (Å²) >= 11 is 17.1. The Labute approximate surface area is 146 Å². The van der Waals surface area contributed by atoms with Crippen molar-refractivity contribution in [3.63, 3.8) is 0 Å². The Morgan fingerprint density at radius 3 is 2.39 bits per heavy atom. The molecule has 0 amide bonds. The zero-order valence-corrected chi connectivity index (χ0v) is 14.3. The highest BCUT2D eigenvalue weighted by molar-refractivity contribution is 6.79. The van der Waals surface area contributed by atoms with Crippen molar-refractivity contribution in [3.8, 4) is 5.69 Å². The van der Waals surface area contributed by atoms with Gasteiger partial charge in [0.25, 0.3) is 3.79 Å². The lowest BCUT2D eigenvalue weighted by Crippen LogP contribution is -2.23. The number of rotatable bonds is 4. The van der Waals surface area contributed by atoms with E-state index < -0.39 is 15.4 Å². The van der Waals surface area contributed by atoms with Gasteiger partial charge in [0.15, 0.2) is 5.82 Å². The number of alkyl halides is 3. The van der Waals surface area contributed by atoms with Crippen molar-refractivity contribution in [2.45, 2.75) is 3.79 Å². The number of benzene rings is 1. The van der Waals surface area contributed by atoms with E-state index in [-0.39, 0.29) is 11.4 Å². The number of halogens is 4. The quantitative estimate of drug-likeness (QED) is 0.604. The number of nitrogens with zero attached hydrogens (tertiary/aromatic N) is 5. The van der Waals surface area contributed by atoms with Gasteiger partial charge in [-0.15, -0.1) is 5.10 Å². The maximum absolute atomic E-state index is 13.1. The van der Waals surface area contributed by atoms with Crippen molar-refractivity contribution in [2.24, 2.45) is 0 Å². The summed E-state index contributed by atoms with van der Waals surface area (Å²) in [5.74, 6) is -1.12. The molecule has 0 aliphatic heterocycles. The van der Waals surface area contributed by atoms with Crippen LogP contribution in [0.4, 0.5) is 4.39 Å². The first-order chi connectivity index (χ1) is 10.7. The highest BCUT2D eigenvalue weighted by Crippen LogP contribution is 2.33. The lowest BCUT2D eigenvalue weighted by atomic mass is 10.1. The van der Waals surface area contributed by atoms with Crippen LogP contribution in [0.3, 0.4) is 0 Å². The minimum atomic E-state index is -2.17. The molecule has 0 radical (unpaired) electrons. The first kappa shape index (κ1) is 17.7. The first-order valence-corrected chi connectivity index (χ1v) is 7.38. The number of hydrogen-bond donors (Lipinski definition) is 0. The predicted octanol–water partition coefficient (Wildman–Crippen LogP) is 2.64. The monoisotopic (exact) mass is 377 g/mol. The van der Waals surface area contributed by atoms with Crippen molar-refractivity contribution in [1.29, 1.82) is 0 Å². The molecule has 1 aromatic carbocycles. The molecule has 0 fully saturated rings. The number of allylic oxidation sites excluding steroid dienone is 1. The molecule has 0 aliphatic rings. The van der Waals surface area contributed by atoms with Crippen molar-refractivity contribution in [3.05, 3.63) is 42.1 Å². The van der Waals surface area contributed by atoms with Crippen LogP contribution in [0.25, 0.3) is 11.3 Å². The average molecular weight is 379 g/mol. The van der Waals surface area contributed by atoms with E-state index in [1.807, 2.05) is 0 Å². The zero-order valence-electron chi connectivity index (χ0n) is 12.0. The maximum Gasteiger partial charge on any atom is 0.253 e. The van der Waals surface area contributed by atoms with Crippen molar-refractivity contribution < 1.29 is 9.18 Å². The van der Waals surface area contributed by atoms with E-state index in [0.717, 1.165) is 0 Å². The van der Waals surface area contributed by atoms with Crippen LogP contribution in [-0.4, -0.2) is 48.8 Å². The normalized spacial score (nSPS) is 12.3. The SMILES string of the molecule is CN(C)/C=C(\C(=O)C(Cl)(Cl)Cl)c1nnnn1-c1ccc(F)cc1. The van der Waals surface area contributed by atoms with Crippen LogP contribution in [0.15, 0.2) is 30.5 Å². The van der Waals surface area contributed by atoms with E-state index in [0.29, 0.717) is 5.69 Å². The summed E-state index contributed by atoms with van der Waals surface area (Å²) in [5.41, 5.74) is 0.456. The summed E-state index contributed by atoms with van der Waals surface area (Å²) in [4.78, 5) is 14.0. The van der Waals surface area contributed by atoms with Crippen LogP contribution in [0.1, 0.15) is 5.82 Å². The largest absolute Gasteiger partial charge is 0.383 e. The fourth-order valence-electron chi connectivity index (χ4n) is 1.74. The molecular weight excluding hydrogens is 368 g/mol. The van der Waals surface area contributed by atoms with Gasteiger partial charge in [-0.25, -0.2) is 4.39 Å². The Morgan fingerprint density at radius 1 is 1.26 bits per heavy atom. The number of Topliss-reactive ketones (excluding diaryl/α,β-unsaturated/α-hetero) is 1. The molecule has 6 nitrogen and oxygen atoms in total. The molecule has 0 bridgehead atoms. The van der Waals surface area contributed by atoms with E-state index in [2.05, 4.69) is 15.5 Å². The highest BCUT2D eigenvalue weighted by Gasteiger charge is 2.36. The van der Waals surface area contributed by atoms with Crippen LogP contribution in [0.2, 0.25) is 0 Å². The number of carbonyl (C=O) groups is 1. The molecule has 0 saturated heterocycles. The predicted molar refractivity (Wildman–Crippen MR) is 86.1 cm³/mol. The van der Waals surface area contributed by atoms with Gasteiger partial charge >= 0.3 is 0 Å². The molecule has 10 heteroatoms. The van der Waals surface area contributed by atoms with Crippen molar-refractivity contribution >= 4 is 46.2 Å². The van der Waals surface area contributed by atoms with Crippen LogP contribution in [0, 0.1) is 5.82 Å². The smallest absolute Gasteiger partial charge is 0.253 e. The van der Waals surface area contributed by atoms with Gasteiger partial charge in [-0.05, 0) is 34.7 Å². The van der Waals surface area contributed by atoms with Crippen molar-refractivity contribution in [2.75, 3.05) is 14.1 Å². The number of ketones is 1. The molecule has 0 spiro atoms. The molecule has 1 aromatic heterocycles. The minimum Gasteiger partial charge on any atom is -0.383 e. The second kappa shape index (κ2) is 6.82. The average Bonchev–Trinajstić information content (AvgIpc) is 2.92. The molecule has 0 aliphatic carbocycles. The number of tetrazole rings is 1. The van der Waals surface area contributed by atoms with E-state index in [4.69, 9.17) is 34.8 Å². The summed E-state index contributed by atoms with van der Waals surface area (Å²) < 4.78 is 12.1. The second-order valence-corrected chi connectivity index (χ2v) is 7.01. The Kier molecular flexibility index (Phi) is 5.23. The fraction of sp³-hybridized carbons (Fsp3) is 0.231. The molecular formula is C13H11Cl3FN5O. The Hall–Kier alpha value is -1.70. The maximum atomic E-state index is 13.1. The van der Waals surface area contributed by atoms with Gasteiger partial charge < -0.3 is 4.90 Å². The fourth-order valence-corrected chi connectivity index (χ4v) is 2.05. The standard InChI is InChI=1S/C13H11Cl3FN5O/c1-21(2)7-10(11(23)13(14,15)16)12-18-19-20-22(12)9-5-3-8(17)4-6-9/h3-7H,1-2H3/b10-7+. The molecule has 2 aromatic rings. The number of carbonyl (C=O) groups excluding carboxylic acids is 1. The van der Waals surface area contributed by atoms with Gasteiger partial charge in [-0.1, -0.05) is 34.8 Å². The molecule has 0 atom stereocenters. The molecule has 2 rings (SSSR count). The topological polar surface area (TPSA) is 63.9 Å². The Morgan fingerprint density at radius 2 is 1.87 bits per heavy atom. The summed E-state index contributed by atoms with van der Waals surface area (Å²) in [6.07, 6.45) is 1.44. The van der Waals surface area contributed by atoms with Gasteiger partial charge in [0.05, 0.1) is 11.3 Å². The molecule has 23 heavy (non-hydrogen) atoms. The summed E-state index contributed by atoms with van der Waals surface area (Å²) in [5, 5.41) is 11.2. The summed E-state index contributed by atoms with van der Waals surface area (Å²) in [6.45, 7) is 0. The van der Waals surface area contributed by atoms with Gasteiger partial charge in [0, 0.05) is 20.3 Å². The third kappa shape index (κ3) is 4.19. The molecule has 0 unspecified atom stereocenters. The van der Waals surface area contributed by atoms with Crippen LogP contribution in [0.5, 0.6) is 0 Å². The number of hydrogen-bond acceptors (Lipinski definition) is 5. The lowest BCUT2D eigenvalue weighted by Gasteiger charge is -2.15. The molecule has 0 N–H and O–H groups in total. The minimum absolute atomic E-state index is 0.00400. The van der Waals surface area contributed by atoms with Gasteiger partial charge in [0.2, 0.25) is 5.78 Å². The highest BCUT2D eigenvalue weighted by atomic mass is 35.6. The summed E-state index contributed by atoms with van der Waals surface area (Å²) in [6, 6.07) is 5.41. The van der Waals surface area contributed by atoms with Gasteiger partial charge in [-0.2, -0.15) is 4.68 Å². The van der Waals surface area contributed by atoms with Crippen LogP contribution < -0.4 is 0 Å². The molecule has 122 valence electrons. The van der Waals surface area contributed by atoms with Crippen LogP contribution >= 0.6 is 34.8 Å². The third-order valence-corrected chi connectivity index (χ3v) is 3.19. The van der Waals surface area contributed by atoms with Crippen LogP contribution in [-0.2, 0) is 4.79 Å². The second-order valence-electron chi connectivity index (χ2n) is 4.72. The number of aromatic nitrogens is 4. The van der Waals surface area contributed by atoms with Gasteiger partial charge in [0.1, 0.15) is 5.82 Å². The molecule has 0 saturated carbocycles. The van der Waals surface area contributed by atoms with Crippen molar-refractivity contribution in [1.82, 2.24) is 25.1 Å². The van der Waals surface area contributed by atoms with E-state index in [1.54, 1.807) is 19.0 Å². The summed E-state index contributed by atoms with van der Waals surface area (Å²) in [7, 11) is 3.38. The van der Waals surface area contributed by atoms with E-state index in [1.165, 1.54) is 35.1 Å². The van der Waals surface area contributed by atoms with Gasteiger partial charge in [-0.3, -0.25) is 4.79 Å². The molecule has 1 heterocycles. The Bertz CT molecular complexity index is 737. The van der Waals surface area contributed by atoms with E-state index in [9.17, 15) is 9.18 Å². The van der Waals surface area contributed by atoms with E-state index >= 15 is 0 Å².